The van der Waals surface area contributed by atoms with Crippen LogP contribution in [0.2, 0.25) is 0 Å². The van der Waals surface area contributed by atoms with Gasteiger partial charge in [-0.25, -0.2) is 5.01 Å². The lowest BCUT2D eigenvalue weighted by Crippen LogP contribution is -2.27. The third-order valence-electron chi connectivity index (χ3n) is 5.71. The van der Waals surface area contributed by atoms with E-state index in [9.17, 15) is 4.79 Å². The molecule has 5 heteroatoms. The quantitative estimate of drug-likeness (QED) is 0.469. The van der Waals surface area contributed by atoms with E-state index in [4.69, 9.17) is 5.10 Å². The first-order chi connectivity index (χ1) is 15.2. The highest BCUT2D eigenvalue weighted by Crippen LogP contribution is 2.35. The van der Waals surface area contributed by atoms with E-state index in [0.29, 0.717) is 12.0 Å². The van der Waals surface area contributed by atoms with Crippen LogP contribution in [-0.4, -0.2) is 26.6 Å². The summed E-state index contributed by atoms with van der Waals surface area (Å²) in [5.74, 6) is -0.106. The first-order valence-electron chi connectivity index (χ1n) is 10.5. The average molecular weight is 406 g/mol. The molecule has 0 saturated heterocycles. The van der Waals surface area contributed by atoms with E-state index < -0.39 is 0 Å². The van der Waals surface area contributed by atoms with E-state index in [0.717, 1.165) is 34.3 Å². The first kappa shape index (κ1) is 19.1. The second-order valence-electron chi connectivity index (χ2n) is 7.64. The number of hydrogen-bond donors (Lipinski definition) is 0. The summed E-state index contributed by atoms with van der Waals surface area (Å²) < 4.78 is 0. The van der Waals surface area contributed by atoms with Crippen molar-refractivity contribution in [2.24, 2.45) is 5.10 Å². The van der Waals surface area contributed by atoms with E-state index in [1.807, 2.05) is 48.5 Å². The van der Waals surface area contributed by atoms with Crippen LogP contribution in [0.3, 0.4) is 0 Å². The fourth-order valence-electron chi connectivity index (χ4n) is 3.97. The molecule has 1 aliphatic heterocycles. The number of aryl methyl sites for hydroxylation is 1. The molecule has 31 heavy (non-hydrogen) atoms. The third kappa shape index (κ3) is 3.70. The topological polar surface area (TPSA) is 58.5 Å². The average Bonchev–Trinajstić information content (AvgIpc) is 3.29. The van der Waals surface area contributed by atoms with Gasteiger partial charge in [-0.2, -0.15) is 5.10 Å². The van der Waals surface area contributed by atoms with Crippen molar-refractivity contribution in [1.29, 1.82) is 0 Å². The van der Waals surface area contributed by atoms with Crippen molar-refractivity contribution in [3.8, 4) is 0 Å². The van der Waals surface area contributed by atoms with E-state index in [1.165, 1.54) is 5.56 Å². The summed E-state index contributed by atoms with van der Waals surface area (Å²) in [7, 11) is 0. The summed E-state index contributed by atoms with van der Waals surface area (Å²) >= 11 is 0. The van der Waals surface area contributed by atoms with Gasteiger partial charge in [-0.15, -0.1) is 0 Å². The zero-order valence-electron chi connectivity index (χ0n) is 17.3. The van der Waals surface area contributed by atoms with Crippen molar-refractivity contribution >= 4 is 22.7 Å². The van der Waals surface area contributed by atoms with Crippen LogP contribution in [0.15, 0.2) is 90.3 Å². The van der Waals surface area contributed by atoms with Gasteiger partial charge in [0, 0.05) is 24.4 Å². The fraction of sp³-hybridized carbons (Fsp3) is 0.154. The van der Waals surface area contributed by atoms with Gasteiger partial charge in [0.1, 0.15) is 0 Å². The molecule has 5 rings (SSSR count). The fourth-order valence-corrected chi connectivity index (χ4v) is 3.97. The number of nitrogens with zero attached hydrogens (tertiary/aromatic N) is 4. The summed E-state index contributed by atoms with van der Waals surface area (Å²) in [5, 5.41) is 6.41. The van der Waals surface area contributed by atoms with Crippen molar-refractivity contribution in [2.75, 3.05) is 0 Å². The van der Waals surface area contributed by atoms with Gasteiger partial charge < -0.3 is 0 Å². The lowest BCUT2D eigenvalue weighted by atomic mass is 9.97. The number of fused-ring (bicyclic) bond motifs is 1. The summed E-state index contributed by atoms with van der Waals surface area (Å²) in [5.41, 5.74) is 6.52. The Morgan fingerprint density at radius 1 is 0.935 bits per heavy atom. The Labute approximate surface area is 181 Å². The molecule has 0 N–H and O–H groups in total. The molecule has 0 saturated carbocycles. The lowest BCUT2D eigenvalue weighted by molar-refractivity contribution is 0.0711. The van der Waals surface area contributed by atoms with Gasteiger partial charge in [0.25, 0.3) is 5.91 Å². The minimum Gasteiger partial charge on any atom is -0.267 e. The van der Waals surface area contributed by atoms with Gasteiger partial charge in [-0.05, 0) is 47.4 Å². The zero-order chi connectivity index (χ0) is 21.2. The van der Waals surface area contributed by atoms with Crippen LogP contribution in [0.5, 0.6) is 0 Å². The molecule has 1 aliphatic rings. The van der Waals surface area contributed by atoms with E-state index in [2.05, 4.69) is 41.2 Å². The zero-order valence-corrected chi connectivity index (χ0v) is 17.3. The minimum atomic E-state index is -0.194. The lowest BCUT2D eigenvalue weighted by Gasteiger charge is -2.22. The van der Waals surface area contributed by atoms with Gasteiger partial charge in [0.05, 0.1) is 22.8 Å². The number of hydrogen-bond acceptors (Lipinski definition) is 4. The molecular formula is C26H22N4O. The van der Waals surface area contributed by atoms with Crippen LogP contribution < -0.4 is 0 Å². The van der Waals surface area contributed by atoms with Gasteiger partial charge in [-0.1, -0.05) is 55.5 Å². The smallest absolute Gasteiger partial charge is 0.267 e. The molecule has 0 spiro atoms. The predicted octanol–water partition coefficient (Wildman–Crippen LogP) is 5.18. The molecule has 1 atom stereocenters. The van der Waals surface area contributed by atoms with Crippen molar-refractivity contribution in [3.63, 3.8) is 0 Å². The Bertz CT molecular complexity index is 1270. The maximum atomic E-state index is 13.4. The molecule has 4 aromatic rings. The summed E-state index contributed by atoms with van der Waals surface area (Å²) in [6.45, 7) is 2.14. The van der Waals surface area contributed by atoms with Crippen LogP contribution >= 0.6 is 0 Å². The molecule has 0 radical (unpaired) electrons. The Balaban J connectivity index is 1.55. The monoisotopic (exact) mass is 406 g/mol. The molecule has 5 nitrogen and oxygen atoms in total. The second-order valence-corrected chi connectivity index (χ2v) is 7.64. The van der Waals surface area contributed by atoms with Crippen LogP contribution in [0, 0.1) is 0 Å². The molecule has 1 unspecified atom stereocenters. The molecule has 1 amide bonds. The number of aromatic nitrogens is 2. The molecule has 2 heterocycles. The Morgan fingerprint density at radius 3 is 2.42 bits per heavy atom. The SMILES string of the molecule is CCc1ccc(C2=NN(C(=O)c3ccccc3)C(c3ccc4nccnc4c3)C2)cc1. The Hall–Kier alpha value is -3.86. The molecule has 0 aliphatic carbocycles. The van der Waals surface area contributed by atoms with Crippen LogP contribution in [0.1, 0.15) is 46.4 Å². The van der Waals surface area contributed by atoms with Crippen LogP contribution in [0.4, 0.5) is 0 Å². The number of benzene rings is 3. The normalized spacial score (nSPS) is 15.8. The number of rotatable bonds is 4. The Morgan fingerprint density at radius 2 is 1.68 bits per heavy atom. The number of carbonyl (C=O) groups is 1. The van der Waals surface area contributed by atoms with Gasteiger partial charge >= 0.3 is 0 Å². The van der Waals surface area contributed by atoms with Gasteiger partial charge in [-0.3, -0.25) is 14.8 Å². The molecular weight excluding hydrogens is 384 g/mol. The highest BCUT2D eigenvalue weighted by Gasteiger charge is 2.33. The van der Waals surface area contributed by atoms with Crippen molar-refractivity contribution in [3.05, 3.63) is 107 Å². The second kappa shape index (κ2) is 8.11. The van der Waals surface area contributed by atoms with Crippen molar-refractivity contribution in [1.82, 2.24) is 15.0 Å². The van der Waals surface area contributed by atoms with Gasteiger partial charge in [0.2, 0.25) is 0 Å². The Kier molecular flexibility index (Phi) is 5.00. The molecule has 152 valence electrons. The predicted molar refractivity (Wildman–Crippen MR) is 122 cm³/mol. The molecule has 3 aromatic carbocycles. The highest BCUT2D eigenvalue weighted by molar-refractivity contribution is 6.05. The summed E-state index contributed by atoms with van der Waals surface area (Å²) in [4.78, 5) is 22.2. The number of hydrazone groups is 1. The van der Waals surface area contributed by atoms with Gasteiger partial charge in [0.15, 0.2) is 0 Å². The first-order valence-corrected chi connectivity index (χ1v) is 10.5. The van der Waals surface area contributed by atoms with E-state index in [1.54, 1.807) is 17.4 Å². The van der Waals surface area contributed by atoms with Crippen molar-refractivity contribution in [2.45, 2.75) is 25.8 Å². The van der Waals surface area contributed by atoms with Crippen molar-refractivity contribution < 1.29 is 4.79 Å². The summed E-state index contributed by atoms with van der Waals surface area (Å²) in [6.07, 6.45) is 5.01. The highest BCUT2D eigenvalue weighted by atomic mass is 16.2. The summed E-state index contributed by atoms with van der Waals surface area (Å²) in [6, 6.07) is 23.5. The molecule has 0 fully saturated rings. The minimum absolute atomic E-state index is 0.106. The van der Waals surface area contributed by atoms with Crippen LogP contribution in [-0.2, 0) is 6.42 Å². The maximum Gasteiger partial charge on any atom is 0.274 e. The number of carbonyl (C=O) groups excluding carboxylic acids is 1. The largest absolute Gasteiger partial charge is 0.274 e. The molecule has 0 bridgehead atoms. The van der Waals surface area contributed by atoms with Crippen LogP contribution in [0.25, 0.3) is 11.0 Å². The number of amides is 1. The molecule has 1 aromatic heterocycles. The van der Waals surface area contributed by atoms with E-state index in [-0.39, 0.29) is 11.9 Å². The third-order valence-corrected chi connectivity index (χ3v) is 5.71. The maximum absolute atomic E-state index is 13.4. The standard InChI is InChI=1S/C26H22N4O/c1-2-18-8-10-19(11-9-18)23-17-25(21-12-13-22-24(16-21)28-15-14-27-22)30(29-23)26(31)20-6-4-3-5-7-20/h3-16,25H,2,17H2,1H3. The van der Waals surface area contributed by atoms with E-state index >= 15 is 0 Å².